The number of hydrogen-bond donors (Lipinski definition) is 2. The van der Waals surface area contributed by atoms with E-state index < -0.39 is 5.41 Å². The van der Waals surface area contributed by atoms with Crippen molar-refractivity contribution in [2.45, 2.75) is 71.1 Å². The second-order valence-corrected chi connectivity index (χ2v) is 7.64. The van der Waals surface area contributed by atoms with Crippen LogP contribution < -0.4 is 11.1 Å². The molecule has 0 saturated heterocycles. The van der Waals surface area contributed by atoms with E-state index in [-0.39, 0.29) is 5.91 Å². The summed E-state index contributed by atoms with van der Waals surface area (Å²) in [6.45, 7) is 5.13. The first-order valence-electron chi connectivity index (χ1n) is 9.08. The summed E-state index contributed by atoms with van der Waals surface area (Å²) >= 11 is 1.73. The summed E-state index contributed by atoms with van der Waals surface area (Å²) in [4.78, 5) is 17.2. The number of thiazole rings is 1. The number of aromatic nitrogens is 1. The third-order valence-electron chi connectivity index (χ3n) is 5.44. The van der Waals surface area contributed by atoms with Crippen molar-refractivity contribution in [1.82, 2.24) is 10.3 Å². The predicted octanol–water partition coefficient (Wildman–Crippen LogP) is 3.61. The molecule has 0 aromatic carbocycles. The highest BCUT2D eigenvalue weighted by atomic mass is 32.1. The molecule has 0 radical (unpaired) electrons. The molecule has 5 heteroatoms. The SMILES string of the molecule is CCC(CC)(CN)C(=O)NCCc1nc(C2CCCCC2)cs1. The maximum absolute atomic E-state index is 12.4. The van der Waals surface area contributed by atoms with E-state index in [0.717, 1.165) is 24.3 Å². The molecule has 1 aliphatic carbocycles. The van der Waals surface area contributed by atoms with Crippen molar-refractivity contribution in [1.29, 1.82) is 0 Å². The first kappa shape index (κ1) is 18.4. The number of hydrogen-bond acceptors (Lipinski definition) is 4. The van der Waals surface area contributed by atoms with Gasteiger partial charge in [0.15, 0.2) is 0 Å². The van der Waals surface area contributed by atoms with Crippen molar-refractivity contribution < 1.29 is 4.79 Å². The third kappa shape index (κ3) is 4.54. The number of carbonyl (C=O) groups excluding carboxylic acids is 1. The Hall–Kier alpha value is -0.940. The van der Waals surface area contributed by atoms with Gasteiger partial charge < -0.3 is 11.1 Å². The molecule has 0 atom stereocenters. The zero-order chi connectivity index (χ0) is 16.7. The number of nitrogens with one attached hydrogen (secondary N) is 1. The van der Waals surface area contributed by atoms with Crippen molar-refractivity contribution in [3.8, 4) is 0 Å². The molecule has 1 aromatic heterocycles. The lowest BCUT2D eigenvalue weighted by Gasteiger charge is -2.28. The Bertz CT molecular complexity index is 482. The third-order valence-corrected chi connectivity index (χ3v) is 6.37. The summed E-state index contributed by atoms with van der Waals surface area (Å²) in [6.07, 6.45) is 9.00. The van der Waals surface area contributed by atoms with Gasteiger partial charge in [-0.2, -0.15) is 0 Å². The molecule has 130 valence electrons. The van der Waals surface area contributed by atoms with E-state index in [4.69, 9.17) is 10.7 Å². The molecule has 1 aliphatic rings. The lowest BCUT2D eigenvalue weighted by atomic mass is 9.81. The van der Waals surface area contributed by atoms with Crippen LogP contribution in [0.2, 0.25) is 0 Å². The second-order valence-electron chi connectivity index (χ2n) is 6.70. The van der Waals surface area contributed by atoms with Crippen LogP contribution in [0.25, 0.3) is 0 Å². The summed E-state index contributed by atoms with van der Waals surface area (Å²) in [6, 6.07) is 0. The lowest BCUT2D eigenvalue weighted by molar-refractivity contribution is -0.131. The van der Waals surface area contributed by atoms with Gasteiger partial charge in [-0.25, -0.2) is 4.98 Å². The molecule has 1 heterocycles. The topological polar surface area (TPSA) is 68.0 Å². The summed E-state index contributed by atoms with van der Waals surface area (Å²) in [5.74, 6) is 0.752. The number of amides is 1. The van der Waals surface area contributed by atoms with Crippen LogP contribution in [-0.4, -0.2) is 24.0 Å². The number of carbonyl (C=O) groups is 1. The van der Waals surface area contributed by atoms with Crippen molar-refractivity contribution in [2.75, 3.05) is 13.1 Å². The van der Waals surface area contributed by atoms with Crippen molar-refractivity contribution in [2.24, 2.45) is 11.1 Å². The van der Waals surface area contributed by atoms with Gasteiger partial charge in [0, 0.05) is 30.8 Å². The van der Waals surface area contributed by atoms with Crippen molar-refractivity contribution in [3.05, 3.63) is 16.1 Å². The molecular formula is C18H31N3OS. The highest BCUT2D eigenvalue weighted by Gasteiger charge is 2.32. The molecule has 1 amide bonds. The average molecular weight is 338 g/mol. The number of nitrogens with two attached hydrogens (primary N) is 1. The van der Waals surface area contributed by atoms with Gasteiger partial charge in [-0.3, -0.25) is 4.79 Å². The Balaban J connectivity index is 1.82. The van der Waals surface area contributed by atoms with Crippen molar-refractivity contribution >= 4 is 17.2 Å². The highest BCUT2D eigenvalue weighted by Crippen LogP contribution is 2.33. The maximum atomic E-state index is 12.4. The zero-order valence-corrected chi connectivity index (χ0v) is 15.4. The minimum absolute atomic E-state index is 0.0917. The minimum Gasteiger partial charge on any atom is -0.355 e. The zero-order valence-electron chi connectivity index (χ0n) is 14.6. The molecule has 3 N–H and O–H groups in total. The monoisotopic (exact) mass is 337 g/mol. The number of rotatable bonds is 8. The Morgan fingerprint density at radius 1 is 1.35 bits per heavy atom. The van der Waals surface area contributed by atoms with Gasteiger partial charge in [0.25, 0.3) is 0 Å². The molecule has 1 aromatic rings. The van der Waals surface area contributed by atoms with Crippen LogP contribution in [0.4, 0.5) is 0 Å². The Labute approximate surface area is 144 Å². The molecule has 1 saturated carbocycles. The van der Waals surface area contributed by atoms with E-state index in [1.165, 1.54) is 37.8 Å². The molecule has 1 fully saturated rings. The summed E-state index contributed by atoms with van der Waals surface area (Å²) < 4.78 is 0. The van der Waals surface area contributed by atoms with E-state index >= 15 is 0 Å². The van der Waals surface area contributed by atoms with Crippen LogP contribution in [0.5, 0.6) is 0 Å². The van der Waals surface area contributed by atoms with Crippen molar-refractivity contribution in [3.63, 3.8) is 0 Å². The molecule has 4 nitrogen and oxygen atoms in total. The van der Waals surface area contributed by atoms with Gasteiger partial charge in [-0.15, -0.1) is 11.3 Å². The lowest BCUT2D eigenvalue weighted by Crippen LogP contribution is -2.45. The van der Waals surface area contributed by atoms with Gasteiger partial charge in [0.2, 0.25) is 5.91 Å². The Kier molecular flexibility index (Phi) is 7.03. The molecule has 23 heavy (non-hydrogen) atoms. The van der Waals surface area contributed by atoms with Crippen LogP contribution in [0.15, 0.2) is 5.38 Å². The van der Waals surface area contributed by atoms with Gasteiger partial charge in [0.05, 0.1) is 16.1 Å². The van der Waals surface area contributed by atoms with Crippen LogP contribution in [0.3, 0.4) is 0 Å². The standard InChI is InChI=1S/C18H31N3OS/c1-3-18(4-2,13-19)17(22)20-11-10-16-21-15(12-23-16)14-8-6-5-7-9-14/h12,14H,3-11,13,19H2,1-2H3,(H,20,22). The smallest absolute Gasteiger partial charge is 0.227 e. The fraction of sp³-hybridized carbons (Fsp3) is 0.778. The van der Waals surface area contributed by atoms with E-state index in [2.05, 4.69) is 10.7 Å². The van der Waals surface area contributed by atoms with Crippen LogP contribution in [0.1, 0.15) is 75.4 Å². The summed E-state index contributed by atoms with van der Waals surface area (Å²) in [5.41, 5.74) is 6.69. The van der Waals surface area contributed by atoms with E-state index in [9.17, 15) is 4.79 Å². The van der Waals surface area contributed by atoms with Gasteiger partial charge in [-0.05, 0) is 25.7 Å². The highest BCUT2D eigenvalue weighted by molar-refractivity contribution is 7.09. The fourth-order valence-electron chi connectivity index (χ4n) is 3.45. The van der Waals surface area contributed by atoms with Crippen LogP contribution >= 0.6 is 11.3 Å². The van der Waals surface area contributed by atoms with Crippen LogP contribution in [-0.2, 0) is 11.2 Å². The first-order valence-corrected chi connectivity index (χ1v) is 9.95. The molecule has 0 bridgehead atoms. The molecular weight excluding hydrogens is 306 g/mol. The number of nitrogens with zero attached hydrogens (tertiary/aromatic N) is 1. The Morgan fingerprint density at radius 3 is 2.65 bits per heavy atom. The van der Waals surface area contributed by atoms with Crippen LogP contribution in [0, 0.1) is 5.41 Å². The van der Waals surface area contributed by atoms with Gasteiger partial charge in [0.1, 0.15) is 0 Å². The van der Waals surface area contributed by atoms with Gasteiger partial charge >= 0.3 is 0 Å². The fourth-order valence-corrected chi connectivity index (χ4v) is 4.33. The van der Waals surface area contributed by atoms with E-state index in [1.54, 1.807) is 11.3 Å². The molecule has 0 aliphatic heterocycles. The predicted molar refractivity (Wildman–Crippen MR) is 96.7 cm³/mol. The summed E-state index contributed by atoms with van der Waals surface area (Å²) in [7, 11) is 0. The Morgan fingerprint density at radius 2 is 2.04 bits per heavy atom. The molecule has 2 rings (SSSR count). The van der Waals surface area contributed by atoms with E-state index in [1.807, 2.05) is 13.8 Å². The molecule has 0 spiro atoms. The molecule has 0 unspecified atom stereocenters. The summed E-state index contributed by atoms with van der Waals surface area (Å²) in [5, 5.41) is 6.42. The quantitative estimate of drug-likeness (QED) is 0.761. The van der Waals surface area contributed by atoms with E-state index in [0.29, 0.717) is 19.0 Å². The van der Waals surface area contributed by atoms with Gasteiger partial charge in [-0.1, -0.05) is 33.1 Å². The average Bonchev–Trinajstić information content (AvgIpc) is 3.07. The first-order chi connectivity index (χ1) is 11.1. The minimum atomic E-state index is -0.407. The largest absolute Gasteiger partial charge is 0.355 e. The maximum Gasteiger partial charge on any atom is 0.227 e. The second kappa shape index (κ2) is 8.78. The normalized spacial score (nSPS) is 16.5.